The SMILES string of the molecule is CC(C)C1c2[nH]c3ccccc3c2CCN1C(=O)OC(C)(C)C. The van der Waals surface area contributed by atoms with Crippen LogP contribution < -0.4 is 0 Å². The number of rotatable bonds is 1. The summed E-state index contributed by atoms with van der Waals surface area (Å²) >= 11 is 0. The van der Waals surface area contributed by atoms with E-state index in [-0.39, 0.29) is 12.1 Å². The summed E-state index contributed by atoms with van der Waals surface area (Å²) in [6, 6.07) is 8.40. The van der Waals surface area contributed by atoms with Gasteiger partial charge in [-0.15, -0.1) is 0 Å². The van der Waals surface area contributed by atoms with Crippen LogP contribution in [0.1, 0.15) is 51.9 Å². The fraction of sp³-hybridized carbons (Fsp3) is 0.526. The van der Waals surface area contributed by atoms with Gasteiger partial charge >= 0.3 is 6.09 Å². The van der Waals surface area contributed by atoms with E-state index < -0.39 is 5.60 Å². The number of para-hydroxylation sites is 1. The van der Waals surface area contributed by atoms with Crippen LogP contribution in [0, 0.1) is 5.92 Å². The van der Waals surface area contributed by atoms with Crippen molar-refractivity contribution in [2.45, 2.75) is 52.7 Å². The molecule has 2 aromatic rings. The molecule has 1 aliphatic heterocycles. The standard InChI is InChI=1S/C19H26N2O2/c1-12(2)17-16-14(13-8-6-7-9-15(13)20-16)10-11-21(17)18(22)23-19(3,4)5/h6-9,12,17,20H,10-11H2,1-5H3. The van der Waals surface area contributed by atoms with Crippen LogP contribution in [0.25, 0.3) is 10.9 Å². The fourth-order valence-corrected chi connectivity index (χ4v) is 3.49. The summed E-state index contributed by atoms with van der Waals surface area (Å²) in [5.41, 5.74) is 3.19. The van der Waals surface area contributed by atoms with Crippen molar-refractivity contribution >= 4 is 17.0 Å². The van der Waals surface area contributed by atoms with Gasteiger partial charge in [0.05, 0.1) is 6.04 Å². The zero-order chi connectivity index (χ0) is 16.8. The fourth-order valence-electron chi connectivity index (χ4n) is 3.49. The Hall–Kier alpha value is -1.97. The topological polar surface area (TPSA) is 45.3 Å². The van der Waals surface area contributed by atoms with Crippen LogP contribution in [0.15, 0.2) is 24.3 Å². The third kappa shape index (κ3) is 2.94. The highest BCUT2D eigenvalue weighted by molar-refractivity contribution is 5.85. The molecule has 1 atom stereocenters. The molecule has 1 N–H and O–H groups in total. The second-order valence-corrected chi connectivity index (χ2v) is 7.68. The van der Waals surface area contributed by atoms with Crippen molar-refractivity contribution in [2.24, 2.45) is 5.92 Å². The Morgan fingerprint density at radius 2 is 2.00 bits per heavy atom. The van der Waals surface area contributed by atoms with Crippen molar-refractivity contribution in [1.29, 1.82) is 0 Å². The highest BCUT2D eigenvalue weighted by Crippen LogP contribution is 2.38. The molecule has 1 aliphatic rings. The maximum absolute atomic E-state index is 12.6. The van der Waals surface area contributed by atoms with Crippen LogP contribution in [0.4, 0.5) is 4.79 Å². The van der Waals surface area contributed by atoms with Crippen molar-refractivity contribution in [3.8, 4) is 0 Å². The third-order valence-electron chi connectivity index (χ3n) is 4.34. The molecule has 1 amide bonds. The molecule has 23 heavy (non-hydrogen) atoms. The first-order chi connectivity index (χ1) is 10.8. The van der Waals surface area contributed by atoms with Gasteiger partial charge in [0, 0.05) is 23.1 Å². The molecule has 0 saturated heterocycles. The lowest BCUT2D eigenvalue weighted by Crippen LogP contribution is -2.44. The zero-order valence-corrected chi connectivity index (χ0v) is 14.6. The molecule has 3 rings (SSSR count). The molecule has 4 heteroatoms. The summed E-state index contributed by atoms with van der Waals surface area (Å²) in [6.07, 6.45) is 0.641. The van der Waals surface area contributed by atoms with E-state index in [9.17, 15) is 4.79 Å². The van der Waals surface area contributed by atoms with E-state index in [2.05, 4.69) is 37.0 Å². The molecule has 0 saturated carbocycles. The first kappa shape index (κ1) is 15.9. The zero-order valence-electron chi connectivity index (χ0n) is 14.6. The van der Waals surface area contributed by atoms with Crippen molar-refractivity contribution in [3.05, 3.63) is 35.5 Å². The maximum atomic E-state index is 12.6. The number of carbonyl (C=O) groups excluding carboxylic acids is 1. The van der Waals surface area contributed by atoms with E-state index in [0.29, 0.717) is 12.5 Å². The van der Waals surface area contributed by atoms with Gasteiger partial charge in [-0.25, -0.2) is 4.79 Å². The number of hydrogen-bond acceptors (Lipinski definition) is 2. The molecule has 0 aliphatic carbocycles. The highest BCUT2D eigenvalue weighted by Gasteiger charge is 2.37. The van der Waals surface area contributed by atoms with Crippen molar-refractivity contribution in [3.63, 3.8) is 0 Å². The lowest BCUT2D eigenvalue weighted by molar-refractivity contribution is 0.00832. The molecular formula is C19H26N2O2. The van der Waals surface area contributed by atoms with Crippen LogP contribution in [0.5, 0.6) is 0 Å². The average Bonchev–Trinajstić information content (AvgIpc) is 2.82. The number of carbonyl (C=O) groups is 1. The Labute approximate surface area is 137 Å². The summed E-state index contributed by atoms with van der Waals surface area (Å²) in [5.74, 6) is 0.314. The minimum atomic E-state index is -0.473. The van der Waals surface area contributed by atoms with Crippen LogP contribution >= 0.6 is 0 Å². The van der Waals surface area contributed by atoms with Gasteiger partial charge in [-0.2, -0.15) is 0 Å². The molecule has 1 unspecified atom stereocenters. The van der Waals surface area contributed by atoms with Gasteiger partial charge in [-0.1, -0.05) is 32.0 Å². The quantitative estimate of drug-likeness (QED) is 0.832. The minimum absolute atomic E-state index is 0.0287. The van der Waals surface area contributed by atoms with Gasteiger partial charge in [-0.05, 0) is 44.7 Å². The monoisotopic (exact) mass is 314 g/mol. The molecule has 0 spiro atoms. The van der Waals surface area contributed by atoms with E-state index in [1.165, 1.54) is 16.6 Å². The van der Waals surface area contributed by atoms with Gasteiger partial charge in [0.1, 0.15) is 5.60 Å². The average molecular weight is 314 g/mol. The summed E-state index contributed by atoms with van der Waals surface area (Å²) in [6.45, 7) is 10.7. The summed E-state index contributed by atoms with van der Waals surface area (Å²) in [5, 5.41) is 1.27. The second kappa shape index (κ2) is 5.59. The molecule has 1 aromatic carbocycles. The molecule has 0 radical (unpaired) electrons. The number of nitrogens with one attached hydrogen (secondary N) is 1. The number of aromatic nitrogens is 1. The Morgan fingerprint density at radius 1 is 1.30 bits per heavy atom. The van der Waals surface area contributed by atoms with Gasteiger partial charge < -0.3 is 9.72 Å². The van der Waals surface area contributed by atoms with Crippen LogP contribution in [-0.2, 0) is 11.2 Å². The second-order valence-electron chi connectivity index (χ2n) is 7.68. The van der Waals surface area contributed by atoms with E-state index in [0.717, 1.165) is 11.9 Å². The smallest absolute Gasteiger partial charge is 0.410 e. The summed E-state index contributed by atoms with van der Waals surface area (Å²) in [7, 11) is 0. The van der Waals surface area contributed by atoms with Gasteiger partial charge in [-0.3, -0.25) is 4.90 Å². The van der Waals surface area contributed by atoms with E-state index in [4.69, 9.17) is 4.74 Å². The predicted molar refractivity (Wildman–Crippen MR) is 92.5 cm³/mol. The van der Waals surface area contributed by atoms with E-state index >= 15 is 0 Å². The lowest BCUT2D eigenvalue weighted by Gasteiger charge is -2.38. The first-order valence-electron chi connectivity index (χ1n) is 8.37. The maximum Gasteiger partial charge on any atom is 0.410 e. The summed E-state index contributed by atoms with van der Waals surface area (Å²) in [4.78, 5) is 18.1. The van der Waals surface area contributed by atoms with Gasteiger partial charge in [0.2, 0.25) is 0 Å². The Morgan fingerprint density at radius 3 is 2.65 bits per heavy atom. The largest absolute Gasteiger partial charge is 0.444 e. The number of aromatic amines is 1. The highest BCUT2D eigenvalue weighted by atomic mass is 16.6. The van der Waals surface area contributed by atoms with E-state index in [1.807, 2.05) is 31.7 Å². The number of amides is 1. The Balaban J connectivity index is 2.01. The minimum Gasteiger partial charge on any atom is -0.444 e. The molecule has 1 aromatic heterocycles. The normalized spacial score (nSPS) is 18.3. The lowest BCUT2D eigenvalue weighted by atomic mass is 9.91. The van der Waals surface area contributed by atoms with Crippen molar-refractivity contribution in [1.82, 2.24) is 9.88 Å². The Bertz CT molecular complexity index is 725. The first-order valence-corrected chi connectivity index (χ1v) is 8.37. The van der Waals surface area contributed by atoms with E-state index in [1.54, 1.807) is 0 Å². The number of H-pyrrole nitrogens is 1. The molecule has 0 bridgehead atoms. The van der Waals surface area contributed by atoms with Crippen LogP contribution in [0.2, 0.25) is 0 Å². The van der Waals surface area contributed by atoms with Crippen LogP contribution in [0.3, 0.4) is 0 Å². The molecule has 124 valence electrons. The molecule has 0 fully saturated rings. The predicted octanol–water partition coefficient (Wildman–Crippen LogP) is 4.66. The van der Waals surface area contributed by atoms with Gasteiger partial charge in [0.25, 0.3) is 0 Å². The number of ether oxygens (including phenoxy) is 1. The van der Waals surface area contributed by atoms with Crippen molar-refractivity contribution < 1.29 is 9.53 Å². The van der Waals surface area contributed by atoms with Gasteiger partial charge in [0.15, 0.2) is 0 Å². The third-order valence-corrected chi connectivity index (χ3v) is 4.34. The summed E-state index contributed by atoms with van der Waals surface area (Å²) < 4.78 is 5.62. The molecule has 2 heterocycles. The number of nitrogens with zero attached hydrogens (tertiary/aromatic N) is 1. The number of fused-ring (bicyclic) bond motifs is 3. The number of benzene rings is 1. The Kier molecular flexibility index (Phi) is 3.86. The number of hydrogen-bond donors (Lipinski definition) is 1. The van der Waals surface area contributed by atoms with Crippen molar-refractivity contribution in [2.75, 3.05) is 6.54 Å². The molecule has 4 nitrogen and oxygen atoms in total. The van der Waals surface area contributed by atoms with Crippen LogP contribution in [-0.4, -0.2) is 28.1 Å². The molecular weight excluding hydrogens is 288 g/mol.